The summed E-state index contributed by atoms with van der Waals surface area (Å²) in [5.74, 6) is -6.91. The summed E-state index contributed by atoms with van der Waals surface area (Å²) < 4.78 is 130. The van der Waals surface area contributed by atoms with Crippen LogP contribution in [0.3, 0.4) is 0 Å². The van der Waals surface area contributed by atoms with Gasteiger partial charge < -0.3 is 32.8 Å². The van der Waals surface area contributed by atoms with Crippen molar-refractivity contribution in [1.29, 1.82) is 0 Å². The van der Waals surface area contributed by atoms with Crippen LogP contribution in [0.2, 0.25) is 0 Å². The Labute approximate surface area is 131 Å². The van der Waals surface area contributed by atoms with Crippen molar-refractivity contribution in [2.75, 3.05) is 0 Å². The molecule has 0 aliphatic heterocycles. The molecule has 0 saturated heterocycles. The summed E-state index contributed by atoms with van der Waals surface area (Å²) in [6.45, 7) is 0. The van der Waals surface area contributed by atoms with Crippen LogP contribution in [0, 0.1) is 6.43 Å². The molecule has 0 aliphatic carbocycles. The monoisotopic (exact) mass is 436 g/mol. The summed E-state index contributed by atoms with van der Waals surface area (Å²) >= 11 is 0. The number of rotatable bonds is 3. The van der Waals surface area contributed by atoms with Crippen LogP contribution in [0.15, 0.2) is 0 Å². The van der Waals surface area contributed by atoms with Gasteiger partial charge in [-0.25, -0.2) is 8.78 Å². The zero-order valence-electron chi connectivity index (χ0n) is 8.15. The van der Waals surface area contributed by atoms with Crippen LogP contribution in [-0.2, 0) is 4.74 Å². The Kier molecular flexibility index (Phi) is 9.23. The molecule has 19 heavy (non-hydrogen) atoms. The molecule has 0 aromatic rings. The molecular weight excluding hydrogens is 436 g/mol. The molecule has 0 radical (unpaired) electrons. The maximum Gasteiger partial charge on any atom is 2.00 e. The van der Waals surface area contributed by atoms with Crippen molar-refractivity contribution in [3.8, 4) is 0 Å². The largest absolute Gasteiger partial charge is 2.00 e. The van der Waals surface area contributed by atoms with Gasteiger partial charge in [0.2, 0.25) is 0 Å². The van der Waals surface area contributed by atoms with Gasteiger partial charge in [0, 0.05) is 0 Å². The van der Waals surface area contributed by atoms with E-state index in [0.717, 1.165) is 0 Å². The first kappa shape index (κ1) is 24.7. The normalized spacial score (nSPS) is 13.9. The molecule has 0 saturated carbocycles. The third-order valence-electron chi connectivity index (χ3n) is 1.22. The van der Waals surface area contributed by atoms with Gasteiger partial charge >= 0.3 is 41.3 Å². The van der Waals surface area contributed by atoms with Crippen LogP contribution in [0.1, 0.15) is 0 Å². The first-order valence-corrected chi connectivity index (χ1v) is 3.24. The van der Waals surface area contributed by atoms with Crippen LogP contribution < -0.4 is 24.0 Å². The molecular formula is C5F11IMgO. The maximum absolute atomic E-state index is 12.4. The predicted molar refractivity (Wildman–Crippen MR) is 33.2 cm³/mol. The van der Waals surface area contributed by atoms with E-state index in [1.165, 1.54) is 0 Å². The van der Waals surface area contributed by atoms with Gasteiger partial charge in [0.05, 0.1) is 6.43 Å². The Morgan fingerprint density at radius 3 is 1.11 bits per heavy atom. The summed E-state index contributed by atoms with van der Waals surface area (Å²) in [6, 6.07) is 0. The van der Waals surface area contributed by atoms with Gasteiger partial charge in [-0.1, -0.05) is 0 Å². The fraction of sp³-hybridized carbons (Fsp3) is 0.800. The minimum Gasteiger partial charge on any atom is -1.00 e. The number of hydrogen-bond donors (Lipinski definition) is 0. The molecule has 0 heterocycles. The van der Waals surface area contributed by atoms with Crippen LogP contribution >= 0.6 is 0 Å². The minimum atomic E-state index is -7.01. The molecule has 0 unspecified atom stereocenters. The number of ether oxygens (including phenoxy) is 1. The fourth-order valence-corrected chi connectivity index (χ4v) is 0.492. The Morgan fingerprint density at radius 2 is 0.947 bits per heavy atom. The molecule has 0 spiro atoms. The van der Waals surface area contributed by atoms with Crippen molar-refractivity contribution in [2.24, 2.45) is 0 Å². The van der Waals surface area contributed by atoms with Gasteiger partial charge in [-0.15, -0.1) is 0 Å². The van der Waals surface area contributed by atoms with E-state index in [-0.39, 0.29) is 47.0 Å². The average Bonchev–Trinajstić information content (AvgIpc) is 1.98. The van der Waals surface area contributed by atoms with E-state index in [9.17, 15) is 48.3 Å². The Balaban J connectivity index is -0.00000128. The summed E-state index contributed by atoms with van der Waals surface area (Å²) in [4.78, 5) is 0. The van der Waals surface area contributed by atoms with Gasteiger partial charge in [-0.2, -0.15) is 30.7 Å². The standard InChI is InChI=1S/C5F11O.HI.Mg/c6-1(7)2(8,9)17-3(10,4(11,12)13)5(14,15)16;;/h;1H;/q-1;;+2/p-1. The van der Waals surface area contributed by atoms with Gasteiger partial charge in [-0.05, 0) is 0 Å². The Hall–Kier alpha value is 0.686. The molecule has 0 fully saturated rings. The van der Waals surface area contributed by atoms with E-state index in [2.05, 4.69) is 0 Å². The van der Waals surface area contributed by atoms with E-state index in [0.29, 0.717) is 0 Å². The Bertz CT molecular complexity index is 259. The second-order valence-corrected chi connectivity index (χ2v) is 2.47. The topological polar surface area (TPSA) is 9.23 Å². The first-order valence-electron chi connectivity index (χ1n) is 3.24. The van der Waals surface area contributed by atoms with Gasteiger partial charge in [-0.3, -0.25) is 4.74 Å². The number of halogens is 12. The van der Waals surface area contributed by atoms with Gasteiger partial charge in [0.1, 0.15) is 0 Å². The Morgan fingerprint density at radius 1 is 0.684 bits per heavy atom. The molecule has 0 rings (SSSR count). The fourth-order valence-electron chi connectivity index (χ4n) is 0.492. The number of hydrogen-bond acceptors (Lipinski definition) is 1. The van der Waals surface area contributed by atoms with Crippen molar-refractivity contribution in [3.05, 3.63) is 6.43 Å². The van der Waals surface area contributed by atoms with Crippen molar-refractivity contribution in [2.45, 2.75) is 24.3 Å². The minimum absolute atomic E-state index is 0. The first-order chi connectivity index (χ1) is 7.15. The van der Waals surface area contributed by atoms with E-state index in [1.54, 1.807) is 4.74 Å². The molecule has 112 valence electrons. The van der Waals surface area contributed by atoms with Crippen molar-refractivity contribution < 1.29 is 77.0 Å². The maximum atomic E-state index is 12.4. The second kappa shape index (κ2) is 7.10. The molecule has 0 aliphatic rings. The second-order valence-electron chi connectivity index (χ2n) is 2.47. The van der Waals surface area contributed by atoms with E-state index >= 15 is 0 Å². The van der Waals surface area contributed by atoms with Gasteiger partial charge in [0.15, 0.2) is 0 Å². The van der Waals surface area contributed by atoms with Crippen LogP contribution in [0.5, 0.6) is 0 Å². The third-order valence-corrected chi connectivity index (χ3v) is 1.22. The molecule has 0 aromatic carbocycles. The quantitative estimate of drug-likeness (QED) is 0.270. The summed E-state index contributed by atoms with van der Waals surface area (Å²) in [5.41, 5.74) is 0. The molecule has 1 nitrogen and oxygen atoms in total. The summed E-state index contributed by atoms with van der Waals surface area (Å²) in [5, 5.41) is 0. The van der Waals surface area contributed by atoms with E-state index < -0.39 is 30.7 Å². The smallest absolute Gasteiger partial charge is 1.00 e. The summed E-state index contributed by atoms with van der Waals surface area (Å²) in [7, 11) is 0. The molecule has 14 heteroatoms. The zero-order valence-corrected chi connectivity index (χ0v) is 11.7. The molecule has 0 aromatic heterocycles. The van der Waals surface area contributed by atoms with Crippen LogP contribution in [0.4, 0.5) is 48.3 Å². The zero-order chi connectivity index (χ0) is 14.3. The van der Waals surface area contributed by atoms with E-state index in [4.69, 9.17) is 0 Å². The van der Waals surface area contributed by atoms with Crippen molar-refractivity contribution in [1.82, 2.24) is 0 Å². The van der Waals surface area contributed by atoms with Crippen LogP contribution in [-0.4, -0.2) is 47.4 Å². The number of alkyl halides is 9. The molecule has 0 N–H and O–H groups in total. The van der Waals surface area contributed by atoms with E-state index in [1.807, 2.05) is 0 Å². The van der Waals surface area contributed by atoms with Crippen molar-refractivity contribution >= 4 is 23.1 Å². The van der Waals surface area contributed by atoms with Crippen LogP contribution in [0.25, 0.3) is 0 Å². The molecule has 0 bridgehead atoms. The average molecular weight is 436 g/mol. The van der Waals surface area contributed by atoms with Crippen molar-refractivity contribution in [3.63, 3.8) is 0 Å². The molecule has 0 amide bonds. The third kappa shape index (κ3) is 5.53. The SMILES string of the molecule is F[C-](F)C(F)(F)OC(F)(C(F)(F)F)C(F)(F)F.[I-].[Mg+2]. The summed E-state index contributed by atoms with van der Waals surface area (Å²) in [6.07, 6.45) is -24.6. The predicted octanol–water partition coefficient (Wildman–Crippen LogP) is 0.438. The molecule has 0 atom stereocenters. The van der Waals surface area contributed by atoms with Gasteiger partial charge in [0.25, 0.3) is 6.11 Å².